The molecule has 1 spiro atoms. The third-order valence-corrected chi connectivity index (χ3v) is 9.12. The van der Waals surface area contributed by atoms with E-state index in [9.17, 15) is 9.59 Å². The van der Waals surface area contributed by atoms with E-state index in [1.807, 2.05) is 47.3 Å². The molecule has 1 aromatic heterocycles. The fraction of sp³-hybridized carbons (Fsp3) is 0.594. The van der Waals surface area contributed by atoms with Gasteiger partial charge in [0.05, 0.1) is 12.0 Å². The van der Waals surface area contributed by atoms with Crippen LogP contribution in [0.15, 0.2) is 48.7 Å². The van der Waals surface area contributed by atoms with Crippen molar-refractivity contribution in [3.8, 4) is 5.75 Å². The number of rotatable bonds is 4. The van der Waals surface area contributed by atoms with Crippen LogP contribution in [0.3, 0.4) is 0 Å². The highest BCUT2D eigenvalue weighted by Crippen LogP contribution is 2.39. The first-order valence-electron chi connectivity index (χ1n) is 15.2. The molecule has 40 heavy (non-hydrogen) atoms. The molecule has 0 unspecified atom stereocenters. The van der Waals surface area contributed by atoms with Gasteiger partial charge in [0.1, 0.15) is 18.2 Å². The molecule has 2 fully saturated rings. The van der Waals surface area contributed by atoms with Crippen LogP contribution >= 0.6 is 0 Å². The number of carbonyl (C=O) groups excluding carboxylic acids is 2. The van der Waals surface area contributed by atoms with Crippen molar-refractivity contribution in [1.29, 1.82) is 0 Å². The number of piperidine rings is 1. The number of piperazine rings is 1. The third kappa shape index (κ3) is 6.95. The van der Waals surface area contributed by atoms with Gasteiger partial charge >= 0.3 is 0 Å². The Kier molecular flexibility index (Phi) is 9.57. The number of ether oxygens (including phenoxy) is 1. The first kappa shape index (κ1) is 28.4. The van der Waals surface area contributed by atoms with Crippen molar-refractivity contribution in [2.75, 3.05) is 70.9 Å². The maximum Gasteiger partial charge on any atom is 0.228 e. The van der Waals surface area contributed by atoms with Gasteiger partial charge in [-0.05, 0) is 55.9 Å². The zero-order valence-corrected chi connectivity index (χ0v) is 24.1. The highest BCUT2D eigenvalue weighted by molar-refractivity contribution is 5.83. The summed E-state index contributed by atoms with van der Waals surface area (Å²) >= 11 is 0. The molecule has 0 bridgehead atoms. The van der Waals surface area contributed by atoms with Crippen LogP contribution in [0.1, 0.15) is 50.5 Å². The second kappa shape index (κ2) is 13.5. The Bertz CT molecular complexity index is 1110. The van der Waals surface area contributed by atoms with E-state index in [2.05, 4.69) is 33.0 Å². The first-order valence-corrected chi connectivity index (χ1v) is 15.2. The Balaban J connectivity index is 1.10. The predicted molar refractivity (Wildman–Crippen MR) is 157 cm³/mol. The molecule has 2 aromatic rings. The van der Waals surface area contributed by atoms with Gasteiger partial charge in [0.25, 0.3) is 0 Å². The van der Waals surface area contributed by atoms with Crippen molar-refractivity contribution in [2.45, 2.75) is 51.4 Å². The highest BCUT2D eigenvalue weighted by atomic mass is 16.5. The van der Waals surface area contributed by atoms with Crippen molar-refractivity contribution >= 4 is 17.6 Å². The molecule has 216 valence electrons. The number of nitrogens with zero attached hydrogens (tertiary/aromatic N) is 5. The normalized spacial score (nSPS) is 21.1. The molecular weight excluding hydrogens is 502 g/mol. The number of amides is 2. The Morgan fingerprint density at radius 3 is 2.45 bits per heavy atom. The Hall–Kier alpha value is -3.13. The number of aromatic nitrogens is 1. The fourth-order valence-electron chi connectivity index (χ4n) is 6.51. The molecule has 1 aromatic carbocycles. The molecule has 8 nitrogen and oxygen atoms in total. The van der Waals surface area contributed by atoms with Gasteiger partial charge in [-0.3, -0.25) is 14.5 Å². The lowest BCUT2D eigenvalue weighted by Gasteiger charge is -2.43. The second-order valence-corrected chi connectivity index (χ2v) is 11.7. The first-order chi connectivity index (χ1) is 19.5. The van der Waals surface area contributed by atoms with E-state index < -0.39 is 0 Å². The Morgan fingerprint density at radius 2 is 1.68 bits per heavy atom. The minimum atomic E-state index is -0.367. The second-order valence-electron chi connectivity index (χ2n) is 11.7. The monoisotopic (exact) mass is 547 g/mol. The summed E-state index contributed by atoms with van der Waals surface area (Å²) in [6, 6.07) is 14.3. The summed E-state index contributed by atoms with van der Waals surface area (Å²) in [5.41, 5.74) is 0.890. The van der Waals surface area contributed by atoms with E-state index in [1.54, 1.807) is 0 Å². The topological polar surface area (TPSA) is 69.2 Å². The van der Waals surface area contributed by atoms with Crippen LogP contribution in [0.2, 0.25) is 0 Å². The average molecular weight is 548 g/mol. The zero-order chi connectivity index (χ0) is 27.8. The number of hydrogen-bond donors (Lipinski definition) is 0. The lowest BCUT2D eigenvalue weighted by atomic mass is 9.73. The van der Waals surface area contributed by atoms with Crippen molar-refractivity contribution in [2.24, 2.45) is 5.41 Å². The molecule has 2 saturated heterocycles. The van der Waals surface area contributed by atoms with Crippen molar-refractivity contribution in [1.82, 2.24) is 19.7 Å². The minimum Gasteiger partial charge on any atom is -0.491 e. The summed E-state index contributed by atoms with van der Waals surface area (Å²) in [7, 11) is 1.91. The van der Waals surface area contributed by atoms with Crippen LogP contribution in [0.4, 0.5) is 5.82 Å². The molecule has 4 heterocycles. The maximum absolute atomic E-state index is 13.8. The molecule has 0 saturated carbocycles. The largest absolute Gasteiger partial charge is 0.491 e. The fourth-order valence-corrected chi connectivity index (χ4v) is 6.51. The maximum atomic E-state index is 13.8. The number of benzene rings is 1. The van der Waals surface area contributed by atoms with Gasteiger partial charge in [-0.2, -0.15) is 0 Å². The molecule has 2 amide bonds. The number of fused-ring (bicyclic) bond motifs is 1. The van der Waals surface area contributed by atoms with Gasteiger partial charge in [-0.15, -0.1) is 0 Å². The van der Waals surface area contributed by atoms with Crippen molar-refractivity contribution in [3.63, 3.8) is 0 Å². The zero-order valence-electron chi connectivity index (χ0n) is 24.1. The van der Waals surface area contributed by atoms with E-state index in [0.29, 0.717) is 32.7 Å². The van der Waals surface area contributed by atoms with Crippen LogP contribution in [0.25, 0.3) is 0 Å². The molecule has 3 aliphatic heterocycles. The van der Waals surface area contributed by atoms with Gasteiger partial charge in [-0.1, -0.05) is 37.1 Å². The number of para-hydroxylation sites is 1. The molecule has 0 atom stereocenters. The number of likely N-dealkylation sites (N-methyl/N-ethyl adjacent to an activating group) is 1. The summed E-state index contributed by atoms with van der Waals surface area (Å²) in [4.78, 5) is 40.0. The van der Waals surface area contributed by atoms with Crippen LogP contribution < -0.4 is 9.64 Å². The van der Waals surface area contributed by atoms with Crippen LogP contribution in [0.5, 0.6) is 5.75 Å². The summed E-state index contributed by atoms with van der Waals surface area (Å²) in [6.45, 7) is 6.98. The molecule has 0 aliphatic carbocycles. The van der Waals surface area contributed by atoms with Crippen LogP contribution in [-0.2, 0) is 16.0 Å². The molecule has 5 rings (SSSR count). The number of carbonyl (C=O) groups is 2. The molecule has 3 aliphatic rings. The number of aryl methyl sites for hydroxylation is 1. The average Bonchev–Trinajstić information content (AvgIpc) is 3.01. The summed E-state index contributed by atoms with van der Waals surface area (Å²) in [6.07, 6.45) is 9.05. The number of hydrogen-bond acceptors (Lipinski definition) is 6. The molecule has 8 heteroatoms. The number of anilines is 1. The Labute approximate surface area is 239 Å². The van der Waals surface area contributed by atoms with Crippen LogP contribution in [0, 0.1) is 5.41 Å². The van der Waals surface area contributed by atoms with E-state index in [1.165, 1.54) is 5.56 Å². The van der Waals surface area contributed by atoms with Crippen molar-refractivity contribution in [3.05, 3.63) is 54.2 Å². The van der Waals surface area contributed by atoms with Crippen LogP contribution in [-0.4, -0.2) is 97.5 Å². The number of pyridine rings is 1. The third-order valence-electron chi connectivity index (χ3n) is 9.12. The quantitative estimate of drug-likeness (QED) is 0.579. The summed E-state index contributed by atoms with van der Waals surface area (Å²) in [5.74, 6) is 2.42. The van der Waals surface area contributed by atoms with E-state index in [0.717, 1.165) is 89.2 Å². The highest BCUT2D eigenvalue weighted by Gasteiger charge is 2.43. The Morgan fingerprint density at radius 1 is 0.900 bits per heavy atom. The summed E-state index contributed by atoms with van der Waals surface area (Å²) in [5, 5.41) is 0. The van der Waals surface area contributed by atoms with E-state index in [4.69, 9.17) is 4.74 Å². The number of likely N-dealkylation sites (tertiary alicyclic amines) is 1. The van der Waals surface area contributed by atoms with Gasteiger partial charge < -0.3 is 19.4 Å². The van der Waals surface area contributed by atoms with E-state index in [-0.39, 0.29) is 17.2 Å². The molecular formula is C32H45N5O3. The van der Waals surface area contributed by atoms with Gasteiger partial charge in [0, 0.05) is 65.5 Å². The molecule has 0 radical (unpaired) electrons. The van der Waals surface area contributed by atoms with Crippen molar-refractivity contribution < 1.29 is 14.3 Å². The van der Waals surface area contributed by atoms with Gasteiger partial charge in [-0.25, -0.2) is 4.98 Å². The van der Waals surface area contributed by atoms with E-state index >= 15 is 0 Å². The van der Waals surface area contributed by atoms with Gasteiger partial charge in [0.15, 0.2) is 0 Å². The van der Waals surface area contributed by atoms with Gasteiger partial charge in [0.2, 0.25) is 11.8 Å². The minimum absolute atomic E-state index is 0.221. The standard InChI is InChI=1S/C32H45N5O3/c1-34-25-26-40-28-11-5-4-10-27(28)9-3-2-7-14-32(31(34)39)15-19-37(20-16-32)30(38)13-18-35-21-23-36(24-22-35)29-12-6-8-17-33-29/h4-6,8,10-12,17H,2-3,7,9,13-16,18-26H2,1H3. The smallest absolute Gasteiger partial charge is 0.228 e. The lowest BCUT2D eigenvalue weighted by Crippen LogP contribution is -2.52. The SMILES string of the molecule is CN1CCOc2ccccc2CCCCCC2(CCN(C(=O)CCN3CCN(c4ccccn4)CC3)CC2)C1=O. The molecule has 0 N–H and O–H groups in total. The predicted octanol–water partition coefficient (Wildman–Crippen LogP) is 3.86. The summed E-state index contributed by atoms with van der Waals surface area (Å²) < 4.78 is 6.09. The lowest BCUT2D eigenvalue weighted by molar-refractivity contribution is -0.148.